The SMILES string of the molecule is C=CC1CCC(C)C(CC)C1.NCCc1c[nH]c2ccc(Br)cc12. The Labute approximate surface area is 155 Å². The fourth-order valence-corrected chi connectivity index (χ4v) is 4.11. The van der Waals surface area contributed by atoms with Crippen molar-refractivity contribution < 1.29 is 0 Å². The highest BCUT2D eigenvalue weighted by molar-refractivity contribution is 9.10. The molecule has 1 fully saturated rings. The summed E-state index contributed by atoms with van der Waals surface area (Å²) >= 11 is 3.46. The van der Waals surface area contributed by atoms with Crippen LogP contribution in [0.4, 0.5) is 0 Å². The largest absolute Gasteiger partial charge is 0.361 e. The predicted molar refractivity (Wildman–Crippen MR) is 109 cm³/mol. The van der Waals surface area contributed by atoms with Gasteiger partial charge in [0.25, 0.3) is 0 Å². The minimum Gasteiger partial charge on any atom is -0.361 e. The molecule has 1 aliphatic carbocycles. The number of halogens is 1. The van der Waals surface area contributed by atoms with Gasteiger partial charge in [0.1, 0.15) is 0 Å². The molecule has 0 radical (unpaired) electrons. The minimum atomic E-state index is 0.694. The zero-order chi connectivity index (χ0) is 17.5. The van der Waals surface area contributed by atoms with Gasteiger partial charge < -0.3 is 10.7 Å². The molecule has 1 aromatic heterocycles. The average molecular weight is 391 g/mol. The third-order valence-corrected chi connectivity index (χ3v) is 5.90. The van der Waals surface area contributed by atoms with E-state index in [-0.39, 0.29) is 0 Å². The van der Waals surface area contributed by atoms with E-state index < -0.39 is 0 Å². The van der Waals surface area contributed by atoms with Crippen molar-refractivity contribution in [3.8, 4) is 0 Å². The molecule has 1 saturated carbocycles. The van der Waals surface area contributed by atoms with Gasteiger partial charge in [-0.25, -0.2) is 0 Å². The Balaban J connectivity index is 0.000000177. The molecule has 3 unspecified atom stereocenters. The third kappa shape index (κ3) is 4.97. The molecule has 0 spiro atoms. The number of nitrogens with one attached hydrogen (secondary N) is 1. The van der Waals surface area contributed by atoms with Crippen LogP contribution in [-0.2, 0) is 6.42 Å². The zero-order valence-electron chi connectivity index (χ0n) is 15.0. The third-order valence-electron chi connectivity index (χ3n) is 5.40. The van der Waals surface area contributed by atoms with Crippen LogP contribution in [0, 0.1) is 17.8 Å². The van der Waals surface area contributed by atoms with Crippen LogP contribution in [0.5, 0.6) is 0 Å². The van der Waals surface area contributed by atoms with Crippen LogP contribution in [0.15, 0.2) is 41.5 Å². The summed E-state index contributed by atoms with van der Waals surface area (Å²) in [6.07, 6.45) is 10.6. The van der Waals surface area contributed by atoms with Crippen LogP contribution in [0.1, 0.15) is 45.1 Å². The second-order valence-electron chi connectivity index (χ2n) is 7.00. The fraction of sp³-hybridized carbons (Fsp3) is 0.524. The van der Waals surface area contributed by atoms with Crippen LogP contribution in [0.3, 0.4) is 0 Å². The Morgan fingerprint density at radius 2 is 2.17 bits per heavy atom. The Kier molecular flexibility index (Phi) is 7.57. The number of hydrogen-bond donors (Lipinski definition) is 2. The molecule has 3 atom stereocenters. The van der Waals surface area contributed by atoms with Crippen molar-refractivity contribution in [1.82, 2.24) is 4.98 Å². The van der Waals surface area contributed by atoms with Gasteiger partial charge in [0, 0.05) is 21.6 Å². The molecule has 24 heavy (non-hydrogen) atoms. The van der Waals surface area contributed by atoms with Crippen molar-refractivity contribution in [2.45, 2.75) is 46.0 Å². The lowest BCUT2D eigenvalue weighted by Crippen LogP contribution is -2.21. The van der Waals surface area contributed by atoms with E-state index in [0.717, 1.165) is 28.6 Å². The smallest absolute Gasteiger partial charge is 0.0457 e. The second kappa shape index (κ2) is 9.43. The lowest BCUT2D eigenvalue weighted by Gasteiger charge is -2.32. The van der Waals surface area contributed by atoms with Gasteiger partial charge in [-0.3, -0.25) is 0 Å². The monoisotopic (exact) mass is 390 g/mol. The van der Waals surface area contributed by atoms with Crippen molar-refractivity contribution >= 4 is 26.8 Å². The van der Waals surface area contributed by atoms with Gasteiger partial charge >= 0.3 is 0 Å². The van der Waals surface area contributed by atoms with Gasteiger partial charge in [-0.15, -0.1) is 6.58 Å². The maximum absolute atomic E-state index is 5.52. The maximum Gasteiger partial charge on any atom is 0.0457 e. The standard InChI is InChI=1S/C11H20.C10H11BrN2/c1-4-10-7-6-9(3)11(5-2)8-10;11-8-1-2-10-9(5-8)7(3-4-12)6-13-10/h4,9-11H,1,5-8H2,2-3H3;1-2,5-6,13H,3-4,12H2. The van der Waals surface area contributed by atoms with Gasteiger partial charge in [0.15, 0.2) is 0 Å². The highest BCUT2D eigenvalue weighted by Gasteiger charge is 2.24. The minimum absolute atomic E-state index is 0.694. The molecule has 3 N–H and O–H groups in total. The first kappa shape index (κ1) is 19.3. The molecule has 0 saturated heterocycles. The molecular formula is C21H31BrN2. The average Bonchev–Trinajstić information content (AvgIpc) is 2.98. The van der Waals surface area contributed by atoms with Gasteiger partial charge in [0.2, 0.25) is 0 Å². The van der Waals surface area contributed by atoms with Gasteiger partial charge in [0.05, 0.1) is 0 Å². The summed E-state index contributed by atoms with van der Waals surface area (Å²) in [6, 6.07) is 6.22. The normalized spacial score (nSPS) is 23.6. The zero-order valence-corrected chi connectivity index (χ0v) is 16.6. The van der Waals surface area contributed by atoms with E-state index >= 15 is 0 Å². The molecule has 0 bridgehead atoms. The number of hydrogen-bond acceptors (Lipinski definition) is 1. The Hall–Kier alpha value is -1.06. The summed E-state index contributed by atoms with van der Waals surface area (Å²) in [5.74, 6) is 2.74. The van der Waals surface area contributed by atoms with Crippen molar-refractivity contribution in [2.24, 2.45) is 23.5 Å². The number of H-pyrrole nitrogens is 1. The van der Waals surface area contributed by atoms with Gasteiger partial charge in [-0.2, -0.15) is 0 Å². The maximum atomic E-state index is 5.52. The van der Waals surface area contributed by atoms with E-state index in [1.807, 2.05) is 12.3 Å². The summed E-state index contributed by atoms with van der Waals surface area (Å²) in [5, 5.41) is 1.26. The van der Waals surface area contributed by atoms with Crippen molar-refractivity contribution in [1.29, 1.82) is 0 Å². The summed E-state index contributed by atoms with van der Waals surface area (Å²) in [5.41, 5.74) is 7.99. The molecule has 1 aliphatic rings. The summed E-state index contributed by atoms with van der Waals surface area (Å²) in [7, 11) is 0. The van der Waals surface area contributed by atoms with E-state index in [9.17, 15) is 0 Å². The van der Waals surface area contributed by atoms with Crippen molar-refractivity contribution in [2.75, 3.05) is 6.54 Å². The molecule has 0 amide bonds. The van der Waals surface area contributed by atoms with E-state index in [0.29, 0.717) is 6.54 Å². The van der Waals surface area contributed by atoms with Gasteiger partial charge in [-0.1, -0.05) is 42.3 Å². The molecule has 1 aromatic carbocycles. The van der Waals surface area contributed by atoms with Crippen LogP contribution < -0.4 is 5.73 Å². The highest BCUT2D eigenvalue weighted by atomic mass is 79.9. The molecule has 3 rings (SSSR count). The molecular weight excluding hydrogens is 360 g/mol. The molecule has 2 nitrogen and oxygen atoms in total. The highest BCUT2D eigenvalue weighted by Crippen LogP contribution is 2.35. The van der Waals surface area contributed by atoms with Gasteiger partial charge in [-0.05, 0) is 73.7 Å². The quantitative estimate of drug-likeness (QED) is 0.611. The first-order valence-electron chi connectivity index (χ1n) is 9.17. The topological polar surface area (TPSA) is 41.8 Å². The van der Waals surface area contributed by atoms with E-state index in [1.54, 1.807) is 0 Å². The first-order valence-corrected chi connectivity index (χ1v) is 9.96. The lowest BCUT2D eigenvalue weighted by molar-refractivity contribution is 0.213. The van der Waals surface area contributed by atoms with Crippen LogP contribution in [-0.4, -0.2) is 11.5 Å². The van der Waals surface area contributed by atoms with Crippen LogP contribution >= 0.6 is 15.9 Å². The summed E-state index contributed by atoms with van der Waals surface area (Å²) < 4.78 is 1.11. The summed E-state index contributed by atoms with van der Waals surface area (Å²) in [6.45, 7) is 9.28. The number of benzene rings is 1. The van der Waals surface area contributed by atoms with Crippen molar-refractivity contribution in [3.63, 3.8) is 0 Å². The number of rotatable bonds is 4. The number of allylic oxidation sites excluding steroid dienone is 1. The number of fused-ring (bicyclic) bond motifs is 1. The van der Waals surface area contributed by atoms with E-state index in [1.165, 1.54) is 42.1 Å². The van der Waals surface area contributed by atoms with Crippen LogP contribution in [0.25, 0.3) is 10.9 Å². The van der Waals surface area contributed by atoms with Crippen LogP contribution in [0.2, 0.25) is 0 Å². The number of aromatic amines is 1. The fourth-order valence-electron chi connectivity index (χ4n) is 3.75. The number of aromatic nitrogens is 1. The molecule has 132 valence electrons. The first-order chi connectivity index (χ1) is 11.6. The predicted octanol–water partition coefficient (Wildman–Crippen LogP) is 6.07. The molecule has 0 aliphatic heterocycles. The summed E-state index contributed by atoms with van der Waals surface area (Å²) in [4.78, 5) is 3.22. The number of nitrogens with two attached hydrogens (primary N) is 1. The van der Waals surface area contributed by atoms with E-state index in [2.05, 4.69) is 59.5 Å². The second-order valence-corrected chi connectivity index (χ2v) is 7.91. The Morgan fingerprint density at radius 3 is 2.83 bits per heavy atom. The van der Waals surface area contributed by atoms with E-state index in [4.69, 9.17) is 5.73 Å². The van der Waals surface area contributed by atoms with Crippen molar-refractivity contribution in [3.05, 3.63) is 47.1 Å². The lowest BCUT2D eigenvalue weighted by atomic mass is 9.74. The Bertz CT molecular complexity index is 646. The molecule has 2 aromatic rings. The Morgan fingerprint density at radius 1 is 1.38 bits per heavy atom. The molecule has 3 heteroatoms. The molecule has 1 heterocycles.